The van der Waals surface area contributed by atoms with E-state index in [9.17, 15) is 5.11 Å². The minimum absolute atomic E-state index is 0.157. The van der Waals surface area contributed by atoms with Crippen LogP contribution in [0.5, 0.6) is 0 Å². The second-order valence-corrected chi connectivity index (χ2v) is 10.1. The van der Waals surface area contributed by atoms with E-state index in [2.05, 4.69) is 43.3 Å². The molecule has 1 aliphatic rings. The lowest BCUT2D eigenvalue weighted by atomic mass is 9.78. The number of fused-ring (bicyclic) bond motifs is 2. The van der Waals surface area contributed by atoms with Crippen LogP contribution in [-0.2, 0) is 12.8 Å². The summed E-state index contributed by atoms with van der Waals surface area (Å²) in [6.07, 6.45) is 22.6. The van der Waals surface area contributed by atoms with Gasteiger partial charge < -0.3 is 5.11 Å². The van der Waals surface area contributed by atoms with Crippen molar-refractivity contribution < 1.29 is 5.11 Å². The molecule has 2 aromatic rings. The van der Waals surface area contributed by atoms with Gasteiger partial charge in [-0.2, -0.15) is 0 Å². The smallest absolute Gasteiger partial charge is 0.0611 e. The largest absolute Gasteiger partial charge is 0.392 e. The molecule has 1 N–H and O–H groups in total. The third kappa shape index (κ3) is 8.26. The fourth-order valence-electron chi connectivity index (χ4n) is 5.42. The minimum atomic E-state index is -0.157. The maximum Gasteiger partial charge on any atom is 0.0611 e. The summed E-state index contributed by atoms with van der Waals surface area (Å²) in [5, 5.41) is 13.3. The Bertz CT molecular complexity index is 749. The monoisotopic (exact) mass is 422 g/mol. The van der Waals surface area contributed by atoms with Gasteiger partial charge in [0.1, 0.15) is 0 Å². The zero-order chi connectivity index (χ0) is 21.7. The van der Waals surface area contributed by atoms with Gasteiger partial charge in [0.15, 0.2) is 0 Å². The van der Waals surface area contributed by atoms with Crippen LogP contribution in [0.3, 0.4) is 0 Å². The highest BCUT2D eigenvalue weighted by Gasteiger charge is 2.26. The van der Waals surface area contributed by atoms with Crippen molar-refractivity contribution >= 4 is 10.8 Å². The van der Waals surface area contributed by atoms with E-state index < -0.39 is 0 Å². The van der Waals surface area contributed by atoms with E-state index in [1.165, 1.54) is 118 Å². The molecule has 0 fully saturated rings. The molecule has 0 heterocycles. The number of aliphatic hydroxyl groups excluding tert-OH is 1. The van der Waals surface area contributed by atoms with Gasteiger partial charge in [0.2, 0.25) is 0 Å². The lowest BCUT2D eigenvalue weighted by molar-refractivity contribution is 0.0929. The molecule has 1 aliphatic carbocycles. The van der Waals surface area contributed by atoms with Crippen molar-refractivity contribution in [2.45, 2.75) is 122 Å². The SMILES string of the molecule is CCCCCCCCCCCCCCCC[C@@H]1Cc2cc3ccccc3cc2C[C@H]1O. The van der Waals surface area contributed by atoms with E-state index >= 15 is 0 Å². The molecule has 0 saturated heterocycles. The van der Waals surface area contributed by atoms with Crippen molar-refractivity contribution in [1.29, 1.82) is 0 Å². The van der Waals surface area contributed by atoms with E-state index in [0.717, 1.165) is 12.8 Å². The average molecular weight is 423 g/mol. The standard InChI is InChI=1S/C30H46O/c1-2-3-4-5-6-7-8-9-10-11-12-13-14-15-20-27-23-28-21-25-18-16-17-19-26(25)22-29(28)24-30(27)31/h16-19,21-22,27,30-31H,2-15,20,23-24H2,1H3/t27-,30-/m1/s1. The molecule has 0 radical (unpaired) electrons. The molecule has 0 saturated carbocycles. The van der Waals surface area contributed by atoms with Gasteiger partial charge in [0.25, 0.3) is 0 Å². The van der Waals surface area contributed by atoms with Crippen LogP contribution in [0, 0.1) is 5.92 Å². The Morgan fingerprint density at radius 2 is 1.10 bits per heavy atom. The molecule has 0 amide bonds. The Kier molecular flexibility index (Phi) is 10.9. The first-order chi connectivity index (χ1) is 15.3. The van der Waals surface area contributed by atoms with E-state index in [0.29, 0.717) is 5.92 Å². The first-order valence-corrected chi connectivity index (χ1v) is 13.5. The normalized spacial score (nSPS) is 18.4. The molecule has 0 spiro atoms. The summed E-state index contributed by atoms with van der Waals surface area (Å²) < 4.78 is 0. The molecule has 2 atom stereocenters. The Morgan fingerprint density at radius 3 is 1.61 bits per heavy atom. The van der Waals surface area contributed by atoms with Crippen LogP contribution >= 0.6 is 0 Å². The van der Waals surface area contributed by atoms with Crippen molar-refractivity contribution in [2.24, 2.45) is 5.92 Å². The number of rotatable bonds is 15. The second kappa shape index (κ2) is 13.9. The van der Waals surface area contributed by atoms with Crippen LogP contribution in [0.2, 0.25) is 0 Å². The van der Waals surface area contributed by atoms with Gasteiger partial charge in [0, 0.05) is 0 Å². The molecule has 0 bridgehead atoms. The van der Waals surface area contributed by atoms with Crippen LogP contribution < -0.4 is 0 Å². The number of unbranched alkanes of at least 4 members (excludes halogenated alkanes) is 13. The van der Waals surface area contributed by atoms with Gasteiger partial charge >= 0.3 is 0 Å². The third-order valence-corrected chi connectivity index (χ3v) is 7.45. The van der Waals surface area contributed by atoms with Crippen molar-refractivity contribution in [1.82, 2.24) is 0 Å². The molecule has 0 unspecified atom stereocenters. The molecule has 2 aromatic carbocycles. The lowest BCUT2D eigenvalue weighted by Gasteiger charge is -2.30. The van der Waals surface area contributed by atoms with Crippen molar-refractivity contribution in [3.63, 3.8) is 0 Å². The van der Waals surface area contributed by atoms with Gasteiger partial charge in [-0.1, -0.05) is 133 Å². The molecule has 31 heavy (non-hydrogen) atoms. The maximum atomic E-state index is 10.7. The fraction of sp³-hybridized carbons (Fsp3) is 0.667. The summed E-state index contributed by atoms with van der Waals surface area (Å²) in [5.74, 6) is 0.450. The molecule has 0 aromatic heterocycles. The summed E-state index contributed by atoms with van der Waals surface area (Å²) in [5.41, 5.74) is 2.84. The maximum absolute atomic E-state index is 10.7. The fourth-order valence-corrected chi connectivity index (χ4v) is 5.42. The number of hydrogen-bond donors (Lipinski definition) is 1. The number of aliphatic hydroxyl groups is 1. The van der Waals surface area contributed by atoms with Gasteiger partial charge in [0.05, 0.1) is 6.10 Å². The summed E-state index contributed by atoms with van der Waals surface area (Å²) in [7, 11) is 0. The van der Waals surface area contributed by atoms with E-state index in [1.807, 2.05) is 0 Å². The Labute approximate surface area is 191 Å². The van der Waals surface area contributed by atoms with Crippen molar-refractivity contribution in [3.8, 4) is 0 Å². The molecule has 0 aliphatic heterocycles. The second-order valence-electron chi connectivity index (χ2n) is 10.1. The van der Waals surface area contributed by atoms with Crippen LogP contribution in [0.25, 0.3) is 10.8 Å². The molecule has 3 rings (SSSR count). The molecule has 1 nitrogen and oxygen atoms in total. The van der Waals surface area contributed by atoms with E-state index in [-0.39, 0.29) is 6.10 Å². The zero-order valence-corrected chi connectivity index (χ0v) is 20.1. The highest BCUT2D eigenvalue weighted by atomic mass is 16.3. The number of hydrogen-bond acceptors (Lipinski definition) is 1. The highest BCUT2D eigenvalue weighted by molar-refractivity contribution is 5.84. The Morgan fingerprint density at radius 1 is 0.645 bits per heavy atom. The third-order valence-electron chi connectivity index (χ3n) is 7.45. The van der Waals surface area contributed by atoms with Crippen LogP contribution in [-0.4, -0.2) is 11.2 Å². The number of benzene rings is 2. The molecular formula is C30H46O. The zero-order valence-electron chi connectivity index (χ0n) is 20.1. The van der Waals surface area contributed by atoms with Crippen molar-refractivity contribution in [2.75, 3.05) is 0 Å². The van der Waals surface area contributed by atoms with Gasteiger partial charge in [-0.15, -0.1) is 0 Å². The van der Waals surface area contributed by atoms with Gasteiger partial charge in [-0.25, -0.2) is 0 Å². The summed E-state index contributed by atoms with van der Waals surface area (Å²) in [6.45, 7) is 2.29. The highest BCUT2D eigenvalue weighted by Crippen LogP contribution is 2.32. The summed E-state index contributed by atoms with van der Waals surface area (Å²) >= 11 is 0. The van der Waals surface area contributed by atoms with Crippen LogP contribution in [0.4, 0.5) is 0 Å². The van der Waals surface area contributed by atoms with Gasteiger partial charge in [-0.05, 0) is 47.1 Å². The van der Waals surface area contributed by atoms with E-state index in [4.69, 9.17) is 0 Å². The predicted molar refractivity (Wildman–Crippen MR) is 136 cm³/mol. The minimum Gasteiger partial charge on any atom is -0.392 e. The van der Waals surface area contributed by atoms with Crippen LogP contribution in [0.15, 0.2) is 36.4 Å². The molecule has 172 valence electrons. The summed E-state index contributed by atoms with van der Waals surface area (Å²) in [4.78, 5) is 0. The average Bonchev–Trinajstić information content (AvgIpc) is 2.78. The van der Waals surface area contributed by atoms with Crippen LogP contribution in [0.1, 0.15) is 114 Å². The van der Waals surface area contributed by atoms with Gasteiger partial charge in [-0.3, -0.25) is 0 Å². The summed E-state index contributed by atoms with van der Waals surface area (Å²) in [6, 6.07) is 13.3. The molecule has 1 heteroatoms. The lowest BCUT2D eigenvalue weighted by Crippen LogP contribution is -2.30. The Hall–Kier alpha value is -1.34. The van der Waals surface area contributed by atoms with Crippen molar-refractivity contribution in [3.05, 3.63) is 47.5 Å². The topological polar surface area (TPSA) is 20.2 Å². The predicted octanol–water partition coefficient (Wildman–Crippen LogP) is 8.79. The Balaban J connectivity index is 1.23. The quantitative estimate of drug-likeness (QED) is 0.284. The molecular weight excluding hydrogens is 376 g/mol. The first-order valence-electron chi connectivity index (χ1n) is 13.5. The first kappa shape index (κ1) is 24.3. The van der Waals surface area contributed by atoms with E-state index in [1.54, 1.807) is 0 Å².